The third-order valence-electron chi connectivity index (χ3n) is 3.99. The van der Waals surface area contributed by atoms with Gasteiger partial charge in [0.2, 0.25) is 0 Å². The van der Waals surface area contributed by atoms with Crippen molar-refractivity contribution in [1.82, 2.24) is 15.0 Å². The first-order valence-corrected chi connectivity index (χ1v) is 8.61. The molecule has 1 unspecified atom stereocenters. The molecular weight excluding hydrogens is 327 g/mol. The number of nitrogens with one attached hydrogen (secondary N) is 2. The van der Waals surface area contributed by atoms with Gasteiger partial charge in [0.25, 0.3) is 0 Å². The highest BCUT2D eigenvalue weighted by molar-refractivity contribution is 7.99. The molecule has 0 spiro atoms. The quantitative estimate of drug-likeness (QED) is 0.747. The summed E-state index contributed by atoms with van der Waals surface area (Å²) >= 11 is 1.68. The van der Waals surface area contributed by atoms with Gasteiger partial charge in [0.05, 0.1) is 17.1 Å². The van der Waals surface area contributed by atoms with Gasteiger partial charge in [0.15, 0.2) is 0 Å². The molecular formula is C17H15FN4OS. The first kappa shape index (κ1) is 15.0. The van der Waals surface area contributed by atoms with Gasteiger partial charge in [-0.3, -0.25) is 0 Å². The smallest absolute Gasteiger partial charge is 0.330 e. The zero-order valence-corrected chi connectivity index (χ0v) is 13.5. The molecule has 0 radical (unpaired) electrons. The number of amides is 2. The van der Waals surface area contributed by atoms with Crippen molar-refractivity contribution in [3.05, 3.63) is 60.2 Å². The number of halogens is 1. The molecule has 0 fully saturated rings. The number of urea groups is 1. The summed E-state index contributed by atoms with van der Waals surface area (Å²) in [4.78, 5) is 17.6. The van der Waals surface area contributed by atoms with Gasteiger partial charge < -0.3 is 5.32 Å². The Labute approximate surface area is 142 Å². The van der Waals surface area contributed by atoms with Gasteiger partial charge in [-0.25, -0.2) is 24.3 Å². The SMILES string of the molecule is O=C(NC1CCSc2ccc(F)cc21)Nn1cnc2ccccc21. The fourth-order valence-electron chi connectivity index (χ4n) is 2.86. The summed E-state index contributed by atoms with van der Waals surface area (Å²) in [7, 11) is 0. The molecule has 4 rings (SSSR count). The minimum absolute atomic E-state index is 0.202. The van der Waals surface area contributed by atoms with Gasteiger partial charge in [-0.05, 0) is 42.3 Å². The van der Waals surface area contributed by atoms with E-state index < -0.39 is 0 Å². The molecule has 1 aliphatic heterocycles. The molecule has 24 heavy (non-hydrogen) atoms. The van der Waals surface area contributed by atoms with E-state index in [0.29, 0.717) is 0 Å². The minimum Gasteiger partial charge on any atom is -0.330 e. The number of rotatable bonds is 2. The lowest BCUT2D eigenvalue weighted by molar-refractivity contribution is 0.245. The lowest BCUT2D eigenvalue weighted by Gasteiger charge is -2.26. The maximum atomic E-state index is 13.5. The van der Waals surface area contributed by atoms with Crippen molar-refractivity contribution in [2.75, 3.05) is 11.2 Å². The number of imidazole rings is 1. The third kappa shape index (κ3) is 2.82. The van der Waals surface area contributed by atoms with Crippen LogP contribution in [-0.2, 0) is 0 Å². The van der Waals surface area contributed by atoms with Crippen LogP contribution in [0.5, 0.6) is 0 Å². The molecule has 1 atom stereocenters. The van der Waals surface area contributed by atoms with Crippen LogP contribution < -0.4 is 10.7 Å². The number of benzene rings is 2. The summed E-state index contributed by atoms with van der Waals surface area (Å²) in [6.45, 7) is 0. The van der Waals surface area contributed by atoms with Gasteiger partial charge in [-0.2, -0.15) is 0 Å². The average Bonchev–Trinajstić information content (AvgIpc) is 2.98. The van der Waals surface area contributed by atoms with Crippen LogP contribution in [0.3, 0.4) is 0 Å². The largest absolute Gasteiger partial charge is 0.334 e. The second kappa shape index (κ2) is 6.16. The van der Waals surface area contributed by atoms with Gasteiger partial charge in [-0.1, -0.05) is 12.1 Å². The van der Waals surface area contributed by atoms with Crippen molar-refractivity contribution >= 4 is 28.8 Å². The molecule has 122 valence electrons. The van der Waals surface area contributed by atoms with E-state index in [4.69, 9.17) is 0 Å². The molecule has 2 amide bonds. The number of nitrogens with zero attached hydrogens (tertiary/aromatic N) is 2. The minimum atomic E-state index is -0.342. The van der Waals surface area contributed by atoms with Crippen molar-refractivity contribution < 1.29 is 9.18 Å². The van der Waals surface area contributed by atoms with E-state index in [-0.39, 0.29) is 17.9 Å². The van der Waals surface area contributed by atoms with Crippen LogP contribution in [0.2, 0.25) is 0 Å². The van der Waals surface area contributed by atoms with Crippen molar-refractivity contribution in [2.24, 2.45) is 0 Å². The zero-order valence-electron chi connectivity index (χ0n) is 12.7. The fraction of sp³-hybridized carbons (Fsp3) is 0.176. The lowest BCUT2D eigenvalue weighted by Crippen LogP contribution is -2.37. The molecule has 0 bridgehead atoms. The van der Waals surface area contributed by atoms with Crippen molar-refractivity contribution in [1.29, 1.82) is 0 Å². The molecule has 3 aromatic rings. The molecule has 1 aliphatic rings. The molecule has 1 aromatic heterocycles. The number of para-hydroxylation sites is 2. The number of hydrogen-bond donors (Lipinski definition) is 2. The molecule has 0 saturated carbocycles. The number of thioether (sulfide) groups is 1. The predicted octanol–water partition coefficient (Wildman–Crippen LogP) is 3.67. The van der Waals surface area contributed by atoms with Crippen molar-refractivity contribution in [3.8, 4) is 0 Å². The number of carbonyl (C=O) groups is 1. The average molecular weight is 342 g/mol. The summed E-state index contributed by atoms with van der Waals surface area (Å²) in [5, 5.41) is 2.93. The van der Waals surface area contributed by atoms with E-state index in [1.54, 1.807) is 28.8 Å². The third-order valence-corrected chi connectivity index (χ3v) is 5.11. The van der Waals surface area contributed by atoms with Gasteiger partial charge in [-0.15, -0.1) is 11.8 Å². The van der Waals surface area contributed by atoms with Crippen LogP contribution in [0, 0.1) is 5.82 Å². The summed E-state index contributed by atoms with van der Waals surface area (Å²) in [6.07, 6.45) is 2.33. The van der Waals surface area contributed by atoms with E-state index in [9.17, 15) is 9.18 Å². The van der Waals surface area contributed by atoms with Crippen LogP contribution in [0.4, 0.5) is 9.18 Å². The van der Waals surface area contributed by atoms with E-state index in [1.165, 1.54) is 12.1 Å². The van der Waals surface area contributed by atoms with E-state index >= 15 is 0 Å². The van der Waals surface area contributed by atoms with E-state index in [2.05, 4.69) is 15.7 Å². The second-order valence-corrected chi connectivity index (χ2v) is 6.70. The Morgan fingerprint density at radius 3 is 3.08 bits per heavy atom. The topological polar surface area (TPSA) is 59.0 Å². The van der Waals surface area contributed by atoms with Gasteiger partial charge >= 0.3 is 6.03 Å². The monoisotopic (exact) mass is 342 g/mol. The van der Waals surface area contributed by atoms with Crippen LogP contribution in [-0.4, -0.2) is 21.4 Å². The highest BCUT2D eigenvalue weighted by atomic mass is 32.2. The Morgan fingerprint density at radius 1 is 1.29 bits per heavy atom. The highest BCUT2D eigenvalue weighted by Crippen LogP contribution is 2.36. The normalized spacial score (nSPS) is 16.6. The highest BCUT2D eigenvalue weighted by Gasteiger charge is 2.23. The maximum Gasteiger partial charge on any atom is 0.334 e. The molecule has 0 saturated heterocycles. The Balaban J connectivity index is 1.52. The number of aromatic nitrogens is 2. The number of carbonyl (C=O) groups excluding carboxylic acids is 1. The van der Waals surface area contributed by atoms with Crippen LogP contribution in [0.1, 0.15) is 18.0 Å². The van der Waals surface area contributed by atoms with Crippen LogP contribution in [0.25, 0.3) is 11.0 Å². The predicted molar refractivity (Wildman–Crippen MR) is 92.1 cm³/mol. The Kier molecular flexibility index (Phi) is 3.86. The Morgan fingerprint density at radius 2 is 2.17 bits per heavy atom. The summed E-state index contributed by atoms with van der Waals surface area (Å²) in [6, 6.07) is 11.7. The first-order valence-electron chi connectivity index (χ1n) is 7.62. The molecule has 0 aliphatic carbocycles. The molecule has 2 aromatic carbocycles. The van der Waals surface area contributed by atoms with E-state index in [1.807, 2.05) is 24.3 Å². The van der Waals surface area contributed by atoms with E-state index in [0.717, 1.165) is 33.7 Å². The summed E-state index contributed by atoms with van der Waals surface area (Å²) in [5.41, 5.74) is 5.21. The van der Waals surface area contributed by atoms with Crippen LogP contribution in [0.15, 0.2) is 53.7 Å². The number of fused-ring (bicyclic) bond motifs is 2. The molecule has 2 heterocycles. The molecule has 7 heteroatoms. The zero-order chi connectivity index (χ0) is 16.5. The van der Waals surface area contributed by atoms with Crippen molar-refractivity contribution in [2.45, 2.75) is 17.4 Å². The fourth-order valence-corrected chi connectivity index (χ4v) is 3.97. The molecule has 2 N–H and O–H groups in total. The number of hydrogen-bond acceptors (Lipinski definition) is 3. The lowest BCUT2D eigenvalue weighted by atomic mass is 10.0. The van der Waals surface area contributed by atoms with Crippen LogP contribution >= 0.6 is 11.8 Å². The Bertz CT molecular complexity index is 910. The standard InChI is InChI=1S/C17H15FN4OS/c18-11-5-6-16-12(9-11)13(7-8-24-16)20-17(23)21-22-10-19-14-3-1-2-4-15(14)22/h1-6,9-10,13H,7-8H2,(H2,20,21,23). The van der Waals surface area contributed by atoms with Gasteiger partial charge in [0, 0.05) is 10.6 Å². The summed E-state index contributed by atoms with van der Waals surface area (Å²) in [5.74, 6) is 0.599. The maximum absolute atomic E-state index is 13.5. The second-order valence-electron chi connectivity index (χ2n) is 5.56. The summed E-state index contributed by atoms with van der Waals surface area (Å²) < 4.78 is 15.1. The Hall–Kier alpha value is -2.54. The van der Waals surface area contributed by atoms with Crippen molar-refractivity contribution in [3.63, 3.8) is 0 Å². The first-order chi connectivity index (χ1) is 11.7. The van der Waals surface area contributed by atoms with Gasteiger partial charge in [0.1, 0.15) is 12.1 Å². The molecule has 5 nitrogen and oxygen atoms in total.